The normalized spacial score (nSPS) is 11.2. The molecular weight excluding hydrogens is 315 g/mol. The van der Waals surface area contributed by atoms with Crippen molar-refractivity contribution in [2.24, 2.45) is 0 Å². The number of benzene rings is 1. The van der Waals surface area contributed by atoms with Crippen LogP contribution >= 0.6 is 0 Å². The van der Waals surface area contributed by atoms with Gasteiger partial charge in [0.05, 0.1) is 17.0 Å². The summed E-state index contributed by atoms with van der Waals surface area (Å²) in [5, 5.41) is 10.7. The van der Waals surface area contributed by atoms with Crippen LogP contribution in [0.1, 0.15) is 19.4 Å². The van der Waals surface area contributed by atoms with Crippen LogP contribution in [0.15, 0.2) is 18.2 Å². The van der Waals surface area contributed by atoms with Crippen LogP contribution in [-0.2, 0) is 11.0 Å². The fourth-order valence-electron chi connectivity index (χ4n) is 2.16. The lowest BCUT2D eigenvalue weighted by atomic mass is 10.1. The molecule has 1 aromatic rings. The third kappa shape index (κ3) is 4.57. The van der Waals surface area contributed by atoms with Crippen LogP contribution < -0.4 is 4.90 Å². The number of carbonyl (C=O) groups excluding carboxylic acids is 1. The molecule has 1 amide bonds. The summed E-state index contributed by atoms with van der Waals surface area (Å²) in [7, 11) is 1.35. The molecule has 0 aliphatic rings. The van der Waals surface area contributed by atoms with Crippen molar-refractivity contribution in [1.82, 2.24) is 4.90 Å². The van der Waals surface area contributed by atoms with E-state index in [9.17, 15) is 28.1 Å². The van der Waals surface area contributed by atoms with E-state index in [1.165, 1.54) is 11.9 Å². The van der Waals surface area contributed by atoms with Gasteiger partial charge >= 0.3 is 6.18 Å². The van der Waals surface area contributed by atoms with Crippen LogP contribution in [-0.4, -0.2) is 42.4 Å². The molecule has 0 fully saturated rings. The summed E-state index contributed by atoms with van der Waals surface area (Å²) in [6.45, 7) is 4.20. The standard InChI is InChI=1S/C14H18F3N3O3/c1-4-19(5-2)13(21)9-18(3)12-7-6-10(20(22)23)8-11(12)14(15,16)17/h6-8H,4-5,9H2,1-3H3. The number of halogens is 3. The Morgan fingerprint density at radius 1 is 1.26 bits per heavy atom. The van der Waals surface area contributed by atoms with Crippen molar-refractivity contribution in [2.45, 2.75) is 20.0 Å². The van der Waals surface area contributed by atoms with E-state index in [2.05, 4.69) is 0 Å². The molecule has 0 radical (unpaired) electrons. The van der Waals surface area contributed by atoms with Gasteiger partial charge in [0, 0.05) is 38.0 Å². The van der Waals surface area contributed by atoms with Crippen LogP contribution in [0.4, 0.5) is 24.5 Å². The van der Waals surface area contributed by atoms with Crippen molar-refractivity contribution in [2.75, 3.05) is 31.6 Å². The fraction of sp³-hybridized carbons (Fsp3) is 0.500. The van der Waals surface area contributed by atoms with Gasteiger partial charge in [-0.3, -0.25) is 14.9 Å². The summed E-state index contributed by atoms with van der Waals surface area (Å²) >= 11 is 0. The first kappa shape index (κ1) is 18.7. The molecule has 0 atom stereocenters. The summed E-state index contributed by atoms with van der Waals surface area (Å²) in [6.07, 6.45) is -4.76. The van der Waals surface area contributed by atoms with Gasteiger partial charge in [-0.25, -0.2) is 0 Å². The molecule has 6 nitrogen and oxygen atoms in total. The van der Waals surface area contributed by atoms with E-state index in [-0.39, 0.29) is 18.1 Å². The van der Waals surface area contributed by atoms with Crippen molar-refractivity contribution in [3.05, 3.63) is 33.9 Å². The van der Waals surface area contributed by atoms with Crippen LogP contribution in [0, 0.1) is 10.1 Å². The number of non-ortho nitro benzene ring substituents is 1. The molecule has 0 aromatic heterocycles. The Balaban J connectivity index is 3.16. The average Bonchev–Trinajstić information content (AvgIpc) is 2.46. The van der Waals surface area contributed by atoms with Gasteiger partial charge in [0.25, 0.3) is 5.69 Å². The number of rotatable bonds is 6. The zero-order valence-corrected chi connectivity index (χ0v) is 13.1. The first-order valence-electron chi connectivity index (χ1n) is 6.96. The third-order valence-corrected chi connectivity index (χ3v) is 3.40. The minimum atomic E-state index is -4.76. The molecule has 0 bridgehead atoms. The molecule has 0 saturated carbocycles. The highest BCUT2D eigenvalue weighted by atomic mass is 19.4. The monoisotopic (exact) mass is 333 g/mol. The molecular formula is C14H18F3N3O3. The van der Waals surface area contributed by atoms with Gasteiger partial charge < -0.3 is 9.80 Å². The average molecular weight is 333 g/mol. The maximum absolute atomic E-state index is 13.1. The van der Waals surface area contributed by atoms with Crippen molar-refractivity contribution < 1.29 is 22.9 Å². The molecule has 0 unspecified atom stereocenters. The lowest BCUT2D eigenvalue weighted by Gasteiger charge is -2.26. The molecule has 1 rings (SSSR count). The molecule has 0 heterocycles. The Bertz CT molecular complexity index is 586. The summed E-state index contributed by atoms with van der Waals surface area (Å²) in [6, 6.07) is 2.48. The highest BCUT2D eigenvalue weighted by molar-refractivity contribution is 5.81. The predicted molar refractivity (Wildman–Crippen MR) is 79.3 cm³/mol. The van der Waals surface area contributed by atoms with E-state index in [0.717, 1.165) is 17.0 Å². The van der Waals surface area contributed by atoms with Crippen molar-refractivity contribution in [3.8, 4) is 0 Å². The number of nitro groups is 1. The first-order valence-corrected chi connectivity index (χ1v) is 6.96. The smallest absolute Gasteiger partial charge is 0.365 e. The van der Waals surface area contributed by atoms with Crippen LogP contribution in [0.2, 0.25) is 0 Å². The van der Waals surface area contributed by atoms with E-state index in [1.807, 2.05) is 0 Å². The summed E-state index contributed by atoms with van der Waals surface area (Å²) < 4.78 is 39.4. The van der Waals surface area contributed by atoms with Gasteiger partial charge in [0.1, 0.15) is 0 Å². The Kier molecular flexibility index (Phi) is 5.94. The number of amides is 1. The summed E-state index contributed by atoms with van der Waals surface area (Å²) in [5.74, 6) is -0.316. The Hall–Kier alpha value is -2.32. The Morgan fingerprint density at radius 3 is 2.26 bits per heavy atom. The summed E-state index contributed by atoms with van der Waals surface area (Å²) in [5.41, 5.74) is -2.06. The van der Waals surface area contributed by atoms with Gasteiger partial charge in [0.2, 0.25) is 5.91 Å². The minimum absolute atomic E-state index is 0.247. The fourth-order valence-corrected chi connectivity index (χ4v) is 2.16. The van der Waals surface area contributed by atoms with E-state index >= 15 is 0 Å². The second-order valence-corrected chi connectivity index (χ2v) is 4.88. The van der Waals surface area contributed by atoms with Crippen molar-refractivity contribution >= 4 is 17.3 Å². The van der Waals surface area contributed by atoms with Gasteiger partial charge in [-0.1, -0.05) is 0 Å². The zero-order valence-electron chi connectivity index (χ0n) is 13.1. The minimum Gasteiger partial charge on any atom is -0.365 e. The number of hydrogen-bond donors (Lipinski definition) is 0. The predicted octanol–water partition coefficient (Wildman–Crippen LogP) is 2.92. The Labute approximate surface area is 131 Å². The third-order valence-electron chi connectivity index (χ3n) is 3.40. The number of nitro benzene ring substituents is 1. The van der Waals surface area contributed by atoms with E-state index in [1.54, 1.807) is 13.8 Å². The molecule has 23 heavy (non-hydrogen) atoms. The lowest BCUT2D eigenvalue weighted by Crippen LogP contribution is -2.39. The van der Waals surface area contributed by atoms with Gasteiger partial charge in [-0.2, -0.15) is 13.2 Å². The maximum atomic E-state index is 13.1. The number of hydrogen-bond acceptors (Lipinski definition) is 4. The molecule has 0 N–H and O–H groups in total. The summed E-state index contributed by atoms with van der Waals surface area (Å²) in [4.78, 5) is 24.4. The quantitative estimate of drug-likeness (QED) is 0.593. The van der Waals surface area contributed by atoms with Gasteiger partial charge in [-0.05, 0) is 19.9 Å². The number of anilines is 1. The van der Waals surface area contributed by atoms with E-state index in [4.69, 9.17) is 0 Å². The lowest BCUT2D eigenvalue weighted by molar-refractivity contribution is -0.385. The molecule has 0 aliphatic heterocycles. The van der Waals surface area contributed by atoms with Crippen LogP contribution in [0.3, 0.4) is 0 Å². The molecule has 1 aromatic carbocycles. The molecule has 0 spiro atoms. The molecule has 9 heteroatoms. The van der Waals surface area contributed by atoms with Crippen molar-refractivity contribution in [3.63, 3.8) is 0 Å². The first-order chi connectivity index (χ1) is 10.6. The number of likely N-dealkylation sites (N-methyl/N-ethyl adjacent to an activating group) is 2. The van der Waals surface area contributed by atoms with E-state index < -0.39 is 22.4 Å². The second kappa shape index (κ2) is 7.30. The van der Waals surface area contributed by atoms with Crippen LogP contribution in [0.5, 0.6) is 0 Å². The Morgan fingerprint density at radius 2 is 1.83 bits per heavy atom. The van der Waals surface area contributed by atoms with Crippen LogP contribution in [0.25, 0.3) is 0 Å². The topological polar surface area (TPSA) is 66.7 Å². The highest BCUT2D eigenvalue weighted by Gasteiger charge is 2.36. The number of carbonyl (C=O) groups is 1. The van der Waals surface area contributed by atoms with Gasteiger partial charge in [-0.15, -0.1) is 0 Å². The molecule has 128 valence electrons. The SMILES string of the molecule is CCN(CC)C(=O)CN(C)c1ccc([N+](=O)[O-])cc1C(F)(F)F. The van der Waals surface area contributed by atoms with E-state index in [0.29, 0.717) is 19.2 Å². The maximum Gasteiger partial charge on any atom is 0.418 e. The van der Waals surface area contributed by atoms with Crippen molar-refractivity contribution in [1.29, 1.82) is 0 Å². The molecule has 0 saturated heterocycles. The molecule has 0 aliphatic carbocycles. The largest absolute Gasteiger partial charge is 0.418 e. The number of alkyl halides is 3. The zero-order chi connectivity index (χ0) is 17.8. The highest BCUT2D eigenvalue weighted by Crippen LogP contribution is 2.38. The second-order valence-electron chi connectivity index (χ2n) is 4.88. The number of nitrogens with zero attached hydrogens (tertiary/aromatic N) is 3. The van der Waals surface area contributed by atoms with Gasteiger partial charge in [0.15, 0.2) is 0 Å².